The predicted octanol–water partition coefficient (Wildman–Crippen LogP) is 2.26. The number of aryl methyl sites for hydroxylation is 2. The number of rotatable bonds is 2. The van der Waals surface area contributed by atoms with Crippen molar-refractivity contribution in [2.45, 2.75) is 19.9 Å². The van der Waals surface area contributed by atoms with E-state index < -0.39 is 0 Å². The number of hydrogen-bond acceptors (Lipinski definition) is 5. The van der Waals surface area contributed by atoms with Crippen LogP contribution in [0.4, 0.5) is 0 Å². The van der Waals surface area contributed by atoms with Gasteiger partial charge in [-0.3, -0.25) is 0 Å². The van der Waals surface area contributed by atoms with Crippen LogP contribution in [-0.4, -0.2) is 9.97 Å². The van der Waals surface area contributed by atoms with Gasteiger partial charge >= 0.3 is 0 Å². The van der Waals surface area contributed by atoms with E-state index in [9.17, 15) is 0 Å². The normalized spacial score (nSPS) is 13.1. The van der Waals surface area contributed by atoms with Gasteiger partial charge in [-0.25, -0.2) is 9.97 Å². The van der Waals surface area contributed by atoms with Crippen LogP contribution in [0.15, 0.2) is 10.8 Å². The van der Waals surface area contributed by atoms with Crippen LogP contribution in [0.5, 0.6) is 0 Å². The summed E-state index contributed by atoms with van der Waals surface area (Å²) in [6, 6.07) is -0.168. The van der Waals surface area contributed by atoms with Crippen LogP contribution >= 0.6 is 22.7 Å². The first-order valence-electron chi connectivity index (χ1n) is 4.26. The average molecular weight is 225 g/mol. The molecule has 0 radical (unpaired) electrons. The third kappa shape index (κ3) is 1.84. The maximum Gasteiger partial charge on any atom is 0.116 e. The molecule has 3 nitrogen and oxygen atoms in total. The van der Waals surface area contributed by atoms with Gasteiger partial charge in [0.1, 0.15) is 11.0 Å². The van der Waals surface area contributed by atoms with Gasteiger partial charge in [0.15, 0.2) is 0 Å². The Kier molecular flexibility index (Phi) is 2.62. The Morgan fingerprint density at radius 2 is 2.00 bits per heavy atom. The van der Waals surface area contributed by atoms with Gasteiger partial charge in [0.25, 0.3) is 0 Å². The molecule has 14 heavy (non-hydrogen) atoms. The molecule has 2 aromatic heterocycles. The Morgan fingerprint density at radius 3 is 2.50 bits per heavy atom. The lowest BCUT2D eigenvalue weighted by Crippen LogP contribution is -2.11. The Labute approximate surface area is 90.6 Å². The average Bonchev–Trinajstić information content (AvgIpc) is 2.73. The summed E-state index contributed by atoms with van der Waals surface area (Å²) in [5.41, 5.74) is 7.97. The van der Waals surface area contributed by atoms with Crippen LogP contribution in [0.3, 0.4) is 0 Å². The van der Waals surface area contributed by atoms with Crippen molar-refractivity contribution < 1.29 is 0 Å². The highest BCUT2D eigenvalue weighted by Gasteiger charge is 2.14. The standard InChI is InChI=1S/C9H11N3S2/c1-5-3-14-9(11-5)8(10)7-4-13-6(2)12-7/h3-4,8H,10H2,1-2H3. The summed E-state index contributed by atoms with van der Waals surface area (Å²) >= 11 is 3.21. The van der Waals surface area contributed by atoms with Crippen molar-refractivity contribution >= 4 is 22.7 Å². The third-order valence-electron chi connectivity index (χ3n) is 1.86. The van der Waals surface area contributed by atoms with Gasteiger partial charge in [0.2, 0.25) is 0 Å². The third-order valence-corrected chi connectivity index (χ3v) is 3.70. The first kappa shape index (κ1) is 9.76. The Morgan fingerprint density at radius 1 is 1.21 bits per heavy atom. The highest BCUT2D eigenvalue weighted by molar-refractivity contribution is 7.10. The highest BCUT2D eigenvalue weighted by atomic mass is 32.1. The van der Waals surface area contributed by atoms with Crippen molar-refractivity contribution in [3.8, 4) is 0 Å². The molecule has 0 saturated carbocycles. The maximum atomic E-state index is 6.04. The molecular formula is C9H11N3S2. The van der Waals surface area contributed by atoms with E-state index in [2.05, 4.69) is 9.97 Å². The number of thiazole rings is 2. The van der Waals surface area contributed by atoms with Gasteiger partial charge < -0.3 is 5.73 Å². The molecule has 0 fully saturated rings. The van der Waals surface area contributed by atoms with Gasteiger partial charge in [-0.15, -0.1) is 22.7 Å². The molecule has 2 N–H and O–H groups in total. The van der Waals surface area contributed by atoms with Crippen LogP contribution in [0.2, 0.25) is 0 Å². The summed E-state index contributed by atoms with van der Waals surface area (Å²) in [5.74, 6) is 0. The minimum atomic E-state index is -0.168. The van der Waals surface area contributed by atoms with E-state index in [0.29, 0.717) is 0 Å². The summed E-state index contributed by atoms with van der Waals surface area (Å²) in [7, 11) is 0. The molecule has 1 atom stereocenters. The number of hydrogen-bond donors (Lipinski definition) is 1. The van der Waals surface area contributed by atoms with Crippen molar-refractivity contribution in [3.63, 3.8) is 0 Å². The van der Waals surface area contributed by atoms with Gasteiger partial charge in [0, 0.05) is 16.5 Å². The van der Waals surface area contributed by atoms with Crippen molar-refractivity contribution in [1.29, 1.82) is 0 Å². The zero-order valence-electron chi connectivity index (χ0n) is 8.02. The van der Waals surface area contributed by atoms with E-state index in [4.69, 9.17) is 5.73 Å². The zero-order chi connectivity index (χ0) is 10.1. The molecule has 2 aromatic rings. The Balaban J connectivity index is 2.28. The van der Waals surface area contributed by atoms with Crippen LogP contribution < -0.4 is 5.73 Å². The molecule has 0 saturated heterocycles. The van der Waals surface area contributed by atoms with Gasteiger partial charge in [0.05, 0.1) is 10.7 Å². The lowest BCUT2D eigenvalue weighted by Gasteiger charge is -2.03. The Hall–Kier alpha value is -0.780. The SMILES string of the molecule is Cc1csc(C(N)c2csc(C)n2)n1. The molecule has 2 rings (SSSR count). The summed E-state index contributed by atoms with van der Waals surface area (Å²) in [4.78, 5) is 8.71. The zero-order valence-corrected chi connectivity index (χ0v) is 9.65. The van der Waals surface area contributed by atoms with E-state index >= 15 is 0 Å². The summed E-state index contributed by atoms with van der Waals surface area (Å²) < 4.78 is 0. The van der Waals surface area contributed by atoms with E-state index in [1.807, 2.05) is 24.6 Å². The summed E-state index contributed by atoms with van der Waals surface area (Å²) in [5, 5.41) is 5.99. The molecule has 74 valence electrons. The number of nitrogens with zero attached hydrogens (tertiary/aromatic N) is 2. The molecular weight excluding hydrogens is 214 g/mol. The largest absolute Gasteiger partial charge is 0.317 e. The van der Waals surface area contributed by atoms with Crippen molar-refractivity contribution in [2.24, 2.45) is 5.73 Å². The maximum absolute atomic E-state index is 6.04. The predicted molar refractivity (Wildman–Crippen MR) is 59.7 cm³/mol. The first-order valence-corrected chi connectivity index (χ1v) is 6.02. The summed E-state index contributed by atoms with van der Waals surface area (Å²) in [6.45, 7) is 3.95. The molecule has 1 unspecified atom stereocenters. The van der Waals surface area contributed by atoms with Gasteiger partial charge in [-0.05, 0) is 13.8 Å². The molecule has 0 aliphatic carbocycles. The van der Waals surface area contributed by atoms with Crippen LogP contribution in [0, 0.1) is 13.8 Å². The topological polar surface area (TPSA) is 51.8 Å². The van der Waals surface area contributed by atoms with Gasteiger partial charge in [-0.1, -0.05) is 0 Å². The van der Waals surface area contributed by atoms with Crippen molar-refractivity contribution in [1.82, 2.24) is 9.97 Å². The Bertz CT molecular complexity index is 392. The smallest absolute Gasteiger partial charge is 0.116 e. The van der Waals surface area contributed by atoms with E-state index in [-0.39, 0.29) is 6.04 Å². The minimum absolute atomic E-state index is 0.168. The molecule has 0 aromatic carbocycles. The van der Waals surface area contributed by atoms with Crippen molar-refractivity contribution in [3.05, 3.63) is 32.2 Å². The highest BCUT2D eigenvalue weighted by Crippen LogP contribution is 2.23. The molecule has 0 amide bonds. The molecule has 0 bridgehead atoms. The first-order chi connectivity index (χ1) is 6.66. The second kappa shape index (κ2) is 3.76. The second-order valence-electron chi connectivity index (χ2n) is 3.10. The molecule has 0 spiro atoms. The quantitative estimate of drug-likeness (QED) is 0.853. The summed E-state index contributed by atoms with van der Waals surface area (Å²) in [6.07, 6.45) is 0. The molecule has 0 aliphatic rings. The molecule has 2 heterocycles. The van der Waals surface area contributed by atoms with Gasteiger partial charge in [-0.2, -0.15) is 0 Å². The van der Waals surface area contributed by atoms with Crippen LogP contribution in [-0.2, 0) is 0 Å². The lowest BCUT2D eigenvalue weighted by atomic mass is 10.2. The lowest BCUT2D eigenvalue weighted by molar-refractivity contribution is 0.820. The van der Waals surface area contributed by atoms with E-state index in [1.165, 1.54) is 0 Å². The fourth-order valence-corrected chi connectivity index (χ4v) is 2.62. The van der Waals surface area contributed by atoms with Crippen LogP contribution in [0.1, 0.15) is 27.4 Å². The fraction of sp³-hybridized carbons (Fsp3) is 0.333. The number of aromatic nitrogens is 2. The molecule has 0 aliphatic heterocycles. The van der Waals surface area contributed by atoms with Crippen molar-refractivity contribution in [2.75, 3.05) is 0 Å². The fourth-order valence-electron chi connectivity index (χ4n) is 1.16. The van der Waals surface area contributed by atoms with E-state index in [1.54, 1.807) is 22.7 Å². The monoisotopic (exact) mass is 225 g/mol. The minimum Gasteiger partial charge on any atom is -0.317 e. The van der Waals surface area contributed by atoms with Crippen LogP contribution in [0.25, 0.3) is 0 Å². The second-order valence-corrected chi connectivity index (χ2v) is 5.05. The van der Waals surface area contributed by atoms with E-state index in [0.717, 1.165) is 21.4 Å². The number of nitrogens with two attached hydrogens (primary N) is 1. The molecule has 5 heteroatoms.